The van der Waals surface area contributed by atoms with Crippen molar-refractivity contribution in [3.05, 3.63) is 115 Å². The van der Waals surface area contributed by atoms with Crippen molar-refractivity contribution in [3.63, 3.8) is 0 Å². The van der Waals surface area contributed by atoms with Gasteiger partial charge in [-0.25, -0.2) is 0 Å². The third-order valence-electron chi connectivity index (χ3n) is 3.93. The number of rotatable bonds is 3. The number of nitrogens with one attached hydrogen (secondary N) is 1. The van der Waals surface area contributed by atoms with Gasteiger partial charge >= 0.3 is 0 Å². The van der Waals surface area contributed by atoms with Crippen LogP contribution in [0, 0.1) is 17.7 Å². The second kappa shape index (κ2) is 11.7. The maximum Gasteiger partial charge on any atom is 0.0629 e. The van der Waals surface area contributed by atoms with E-state index in [-0.39, 0.29) is 25.7 Å². The van der Waals surface area contributed by atoms with E-state index in [1.807, 2.05) is 60.7 Å². The van der Waals surface area contributed by atoms with Gasteiger partial charge in [-0.1, -0.05) is 60.2 Å². The van der Waals surface area contributed by atoms with E-state index in [9.17, 15) is 8.78 Å². The van der Waals surface area contributed by atoms with Crippen LogP contribution in [0.1, 0.15) is 0 Å². The van der Waals surface area contributed by atoms with Crippen LogP contribution in [0.3, 0.4) is 0 Å². The number of benzene rings is 3. The largest absolute Gasteiger partial charge is 0.705 e. The molecule has 0 bridgehead atoms. The molecule has 0 fully saturated rings. The van der Waals surface area contributed by atoms with E-state index in [4.69, 9.17) is 5.73 Å². The quantitative estimate of drug-likeness (QED) is 0.192. The predicted octanol–water partition coefficient (Wildman–Crippen LogP) is 6.93. The number of aliphatic imine (C=N–C) groups is 1. The van der Waals surface area contributed by atoms with Gasteiger partial charge in [0, 0.05) is 44.2 Å². The van der Waals surface area contributed by atoms with Crippen molar-refractivity contribution in [1.82, 2.24) is 4.98 Å². The summed E-state index contributed by atoms with van der Waals surface area (Å²) >= 11 is 0. The standard InChI is InChI=1S/C15H8F2N.C9H9N2.Ir/c16-11-5-6-13(14(17)9-11)15-12-4-2-1-3-10(12)7-8-18-15;10-7-4-8-11-9-5-2-1-3-6-9;/h1-5,7-9H;1-8,10H;/q2*-1;/b;7-4-,11-8?;. The van der Waals surface area contributed by atoms with E-state index in [0.717, 1.165) is 28.6 Å². The molecule has 0 aliphatic heterocycles. The number of hydrogen-bond acceptors (Lipinski definition) is 2. The second-order valence-corrected chi connectivity index (χ2v) is 5.89. The molecule has 0 unspecified atom stereocenters. The summed E-state index contributed by atoms with van der Waals surface area (Å²) in [5.74, 6) is -1.30. The van der Waals surface area contributed by atoms with Crippen molar-refractivity contribution in [2.24, 2.45) is 4.99 Å². The number of fused-ring (bicyclic) bond motifs is 1. The average Bonchev–Trinajstić information content (AvgIpc) is 2.75. The third-order valence-corrected chi connectivity index (χ3v) is 3.93. The van der Waals surface area contributed by atoms with Crippen LogP contribution in [-0.2, 0) is 20.1 Å². The molecule has 0 saturated heterocycles. The Morgan fingerprint density at radius 1 is 0.967 bits per heavy atom. The van der Waals surface area contributed by atoms with Crippen LogP contribution >= 0.6 is 0 Å². The first kappa shape index (κ1) is 23.1. The Bertz CT molecular complexity index is 1140. The van der Waals surface area contributed by atoms with E-state index in [1.165, 1.54) is 6.20 Å². The van der Waals surface area contributed by atoms with Crippen LogP contribution in [0.2, 0.25) is 0 Å². The molecular weight excluding hydrogens is 560 g/mol. The van der Waals surface area contributed by atoms with E-state index in [1.54, 1.807) is 18.5 Å². The van der Waals surface area contributed by atoms with Crippen LogP contribution in [-0.4, -0.2) is 11.2 Å². The molecule has 1 aromatic heterocycles. The van der Waals surface area contributed by atoms with Crippen LogP contribution in [0.25, 0.3) is 27.8 Å². The molecule has 4 aromatic rings. The van der Waals surface area contributed by atoms with Gasteiger partial charge in [0.05, 0.1) is 5.69 Å². The topological polar surface area (TPSA) is 49.0 Å². The summed E-state index contributed by atoms with van der Waals surface area (Å²) in [7, 11) is 0. The van der Waals surface area contributed by atoms with Crippen molar-refractivity contribution in [1.29, 1.82) is 0 Å². The Morgan fingerprint density at radius 3 is 2.43 bits per heavy atom. The number of para-hydroxylation sites is 1. The van der Waals surface area contributed by atoms with Gasteiger partial charge < -0.3 is 10.7 Å². The first-order valence-electron chi connectivity index (χ1n) is 8.81. The number of hydrogen-bond donors (Lipinski definition) is 0. The van der Waals surface area contributed by atoms with E-state index in [0.29, 0.717) is 5.69 Å². The Labute approximate surface area is 187 Å². The fourth-order valence-electron chi connectivity index (χ4n) is 2.63. The first-order chi connectivity index (χ1) is 14.2. The zero-order valence-corrected chi connectivity index (χ0v) is 18.1. The molecule has 0 saturated carbocycles. The first-order valence-corrected chi connectivity index (χ1v) is 8.81. The van der Waals surface area contributed by atoms with Gasteiger partial charge in [0.1, 0.15) is 0 Å². The number of nitrogens with zero attached hydrogens (tertiary/aromatic N) is 2. The number of halogens is 2. The van der Waals surface area contributed by atoms with Crippen LogP contribution < -0.4 is 0 Å². The second-order valence-electron chi connectivity index (χ2n) is 5.89. The number of pyridine rings is 1. The van der Waals surface area contributed by atoms with Crippen molar-refractivity contribution < 1.29 is 28.9 Å². The van der Waals surface area contributed by atoms with Crippen molar-refractivity contribution >= 4 is 22.7 Å². The molecule has 6 heteroatoms. The summed E-state index contributed by atoms with van der Waals surface area (Å²) in [4.78, 5) is 8.24. The average molecular weight is 578 g/mol. The summed E-state index contributed by atoms with van der Waals surface area (Å²) in [6.07, 6.45) is 5.98. The summed E-state index contributed by atoms with van der Waals surface area (Å²) in [5.41, 5.74) is 8.27. The Hall–Kier alpha value is -3.21. The van der Waals surface area contributed by atoms with Gasteiger partial charge in [-0.05, 0) is 34.7 Å². The molecule has 0 spiro atoms. The van der Waals surface area contributed by atoms with Crippen LogP contribution in [0.4, 0.5) is 14.5 Å². The molecule has 0 aliphatic carbocycles. The summed E-state index contributed by atoms with van der Waals surface area (Å²) in [6.45, 7) is 0. The molecule has 1 radical (unpaired) electrons. The van der Waals surface area contributed by atoms with E-state index >= 15 is 0 Å². The molecule has 3 nitrogen and oxygen atoms in total. The molecule has 1 N–H and O–H groups in total. The Kier molecular flexibility index (Phi) is 9.01. The van der Waals surface area contributed by atoms with Gasteiger partial charge in [-0.2, -0.15) is 6.20 Å². The normalized spacial score (nSPS) is 10.6. The van der Waals surface area contributed by atoms with Crippen molar-refractivity contribution in [2.75, 3.05) is 0 Å². The Balaban J connectivity index is 0.000000232. The van der Waals surface area contributed by atoms with Crippen molar-refractivity contribution in [2.45, 2.75) is 0 Å². The van der Waals surface area contributed by atoms with Gasteiger partial charge in [0.25, 0.3) is 0 Å². The maximum atomic E-state index is 13.8. The molecule has 4 rings (SSSR count). The fourth-order valence-corrected chi connectivity index (χ4v) is 2.63. The zero-order valence-electron chi connectivity index (χ0n) is 15.7. The molecule has 30 heavy (non-hydrogen) atoms. The molecule has 1 heterocycles. The summed E-state index contributed by atoms with van der Waals surface area (Å²) in [5, 5.41) is 1.78. The fraction of sp³-hybridized carbons (Fsp3) is 0. The monoisotopic (exact) mass is 578 g/mol. The molecule has 0 atom stereocenters. The minimum absolute atomic E-state index is 0. The molecular formula is C24H17F2IrN3-2. The SMILES string of the molecule is Fc1c[c-]c(-c2nccc3ccccc23)c(F)c1.[Ir].[NH-]/C=C\C=Nc1ccccc1. The molecule has 3 aromatic carbocycles. The molecule has 153 valence electrons. The molecule has 0 amide bonds. The predicted molar refractivity (Wildman–Crippen MR) is 114 cm³/mol. The van der Waals surface area contributed by atoms with Gasteiger partial charge in [0.2, 0.25) is 0 Å². The van der Waals surface area contributed by atoms with Crippen LogP contribution in [0.15, 0.2) is 96.3 Å². The summed E-state index contributed by atoms with van der Waals surface area (Å²) in [6, 6.07) is 23.6. The minimum Gasteiger partial charge on any atom is -0.705 e. The Morgan fingerprint density at radius 2 is 1.70 bits per heavy atom. The third kappa shape index (κ3) is 6.14. The minimum atomic E-state index is -0.654. The maximum absolute atomic E-state index is 13.8. The van der Waals surface area contributed by atoms with Crippen molar-refractivity contribution in [3.8, 4) is 11.3 Å². The zero-order chi connectivity index (χ0) is 20.5. The molecule has 0 aliphatic rings. The van der Waals surface area contributed by atoms with Crippen LogP contribution in [0.5, 0.6) is 0 Å². The van der Waals surface area contributed by atoms with E-state index < -0.39 is 11.6 Å². The van der Waals surface area contributed by atoms with E-state index in [2.05, 4.69) is 16.0 Å². The van der Waals surface area contributed by atoms with Gasteiger partial charge in [-0.15, -0.1) is 12.1 Å². The summed E-state index contributed by atoms with van der Waals surface area (Å²) < 4.78 is 26.6. The number of allylic oxidation sites excluding steroid dienone is 1. The van der Waals surface area contributed by atoms with Gasteiger partial charge in [0.15, 0.2) is 0 Å². The number of aromatic nitrogens is 1. The van der Waals surface area contributed by atoms with Gasteiger partial charge in [-0.3, -0.25) is 13.8 Å². The smallest absolute Gasteiger partial charge is 0.0629 e.